The zero-order valence-corrected chi connectivity index (χ0v) is 10.7. The standard InChI is InChI=1S/C14H18N2O2/c1-10(6-8-18-2)16-14(17)12-4-3-11-5-7-15-13(11)9-12/h3-5,7,9-10,15H,6,8H2,1-2H3,(H,16,17). The number of carbonyl (C=O) groups is 1. The number of aromatic amines is 1. The lowest BCUT2D eigenvalue weighted by atomic mass is 10.1. The molecule has 96 valence electrons. The van der Waals surface area contributed by atoms with Gasteiger partial charge in [0.25, 0.3) is 5.91 Å². The molecule has 0 aliphatic rings. The summed E-state index contributed by atoms with van der Waals surface area (Å²) in [6, 6.07) is 7.75. The Labute approximate surface area is 106 Å². The summed E-state index contributed by atoms with van der Waals surface area (Å²) >= 11 is 0. The smallest absolute Gasteiger partial charge is 0.251 e. The molecule has 1 aromatic carbocycles. The number of fused-ring (bicyclic) bond motifs is 1. The Balaban J connectivity index is 2.03. The van der Waals surface area contributed by atoms with E-state index in [0.29, 0.717) is 12.2 Å². The molecule has 0 radical (unpaired) electrons. The van der Waals surface area contributed by atoms with Crippen LogP contribution in [0.2, 0.25) is 0 Å². The zero-order valence-electron chi connectivity index (χ0n) is 10.7. The Hall–Kier alpha value is -1.81. The molecule has 1 unspecified atom stereocenters. The Kier molecular flexibility index (Phi) is 3.99. The van der Waals surface area contributed by atoms with Crippen molar-refractivity contribution in [3.63, 3.8) is 0 Å². The highest BCUT2D eigenvalue weighted by atomic mass is 16.5. The number of hydrogen-bond donors (Lipinski definition) is 2. The quantitative estimate of drug-likeness (QED) is 0.850. The predicted octanol–water partition coefficient (Wildman–Crippen LogP) is 2.32. The molecular weight excluding hydrogens is 228 g/mol. The van der Waals surface area contributed by atoms with Gasteiger partial charge < -0.3 is 15.0 Å². The van der Waals surface area contributed by atoms with Crippen LogP contribution in [-0.4, -0.2) is 30.6 Å². The number of carbonyl (C=O) groups excluding carboxylic acids is 1. The minimum atomic E-state index is -0.0462. The first-order valence-electron chi connectivity index (χ1n) is 6.07. The number of aromatic nitrogens is 1. The van der Waals surface area contributed by atoms with Crippen molar-refractivity contribution >= 4 is 16.8 Å². The molecule has 4 nitrogen and oxygen atoms in total. The van der Waals surface area contributed by atoms with Crippen LogP contribution in [0.3, 0.4) is 0 Å². The highest BCUT2D eigenvalue weighted by Crippen LogP contribution is 2.14. The van der Waals surface area contributed by atoms with E-state index in [0.717, 1.165) is 17.3 Å². The van der Waals surface area contributed by atoms with E-state index in [2.05, 4.69) is 10.3 Å². The van der Waals surface area contributed by atoms with Crippen LogP contribution in [0.4, 0.5) is 0 Å². The third-order valence-corrected chi connectivity index (χ3v) is 2.95. The summed E-state index contributed by atoms with van der Waals surface area (Å²) < 4.78 is 4.99. The van der Waals surface area contributed by atoms with Crippen molar-refractivity contribution in [1.29, 1.82) is 0 Å². The summed E-state index contributed by atoms with van der Waals surface area (Å²) in [5.74, 6) is -0.0462. The number of H-pyrrole nitrogens is 1. The molecule has 18 heavy (non-hydrogen) atoms. The number of rotatable bonds is 5. The van der Waals surface area contributed by atoms with Crippen LogP contribution in [0.15, 0.2) is 30.5 Å². The molecule has 0 bridgehead atoms. The van der Waals surface area contributed by atoms with Gasteiger partial charge >= 0.3 is 0 Å². The van der Waals surface area contributed by atoms with Crippen molar-refractivity contribution in [2.45, 2.75) is 19.4 Å². The van der Waals surface area contributed by atoms with E-state index >= 15 is 0 Å². The largest absolute Gasteiger partial charge is 0.385 e. The first kappa shape index (κ1) is 12.6. The molecule has 0 aliphatic carbocycles. The Morgan fingerprint density at radius 1 is 1.44 bits per heavy atom. The SMILES string of the molecule is COCCC(C)NC(=O)c1ccc2cc[nH]c2c1. The third kappa shape index (κ3) is 2.90. The first-order chi connectivity index (χ1) is 8.70. The van der Waals surface area contributed by atoms with E-state index in [1.165, 1.54) is 0 Å². The highest BCUT2D eigenvalue weighted by molar-refractivity contribution is 5.98. The van der Waals surface area contributed by atoms with E-state index in [1.807, 2.05) is 37.4 Å². The Morgan fingerprint density at radius 3 is 3.06 bits per heavy atom. The molecule has 0 fully saturated rings. The fourth-order valence-corrected chi connectivity index (χ4v) is 1.86. The van der Waals surface area contributed by atoms with Crippen molar-refractivity contribution in [1.82, 2.24) is 10.3 Å². The van der Waals surface area contributed by atoms with E-state index in [4.69, 9.17) is 4.74 Å². The van der Waals surface area contributed by atoms with Crippen molar-refractivity contribution in [3.8, 4) is 0 Å². The third-order valence-electron chi connectivity index (χ3n) is 2.95. The minimum absolute atomic E-state index is 0.0462. The predicted molar refractivity (Wildman–Crippen MR) is 71.7 cm³/mol. The molecule has 1 atom stereocenters. The molecular formula is C14H18N2O2. The average molecular weight is 246 g/mol. The van der Waals surface area contributed by atoms with Crippen molar-refractivity contribution < 1.29 is 9.53 Å². The molecule has 4 heteroatoms. The number of methoxy groups -OCH3 is 1. The number of ether oxygens (including phenoxy) is 1. The monoisotopic (exact) mass is 246 g/mol. The summed E-state index contributed by atoms with van der Waals surface area (Å²) in [6.45, 7) is 2.63. The second-order valence-corrected chi connectivity index (χ2v) is 4.44. The van der Waals surface area contributed by atoms with Crippen LogP contribution in [0.25, 0.3) is 10.9 Å². The minimum Gasteiger partial charge on any atom is -0.385 e. The van der Waals surface area contributed by atoms with Crippen LogP contribution in [0, 0.1) is 0 Å². The van der Waals surface area contributed by atoms with Gasteiger partial charge in [-0.2, -0.15) is 0 Å². The highest BCUT2D eigenvalue weighted by Gasteiger charge is 2.10. The topological polar surface area (TPSA) is 54.1 Å². The van der Waals surface area contributed by atoms with Crippen molar-refractivity contribution in [2.75, 3.05) is 13.7 Å². The normalized spacial score (nSPS) is 12.6. The molecule has 2 N–H and O–H groups in total. The number of hydrogen-bond acceptors (Lipinski definition) is 2. The van der Waals surface area contributed by atoms with Gasteiger partial charge in [0.2, 0.25) is 0 Å². The molecule has 1 aromatic heterocycles. The van der Waals surface area contributed by atoms with Crippen LogP contribution in [0.1, 0.15) is 23.7 Å². The maximum Gasteiger partial charge on any atom is 0.251 e. The second kappa shape index (κ2) is 5.69. The van der Waals surface area contributed by atoms with Crippen molar-refractivity contribution in [2.24, 2.45) is 0 Å². The maximum absolute atomic E-state index is 12.0. The molecule has 0 aliphatic heterocycles. The van der Waals surface area contributed by atoms with Crippen LogP contribution >= 0.6 is 0 Å². The summed E-state index contributed by atoms with van der Waals surface area (Å²) in [4.78, 5) is 15.1. The summed E-state index contributed by atoms with van der Waals surface area (Å²) in [5, 5.41) is 4.07. The molecule has 0 saturated heterocycles. The molecule has 1 amide bonds. The van der Waals surface area contributed by atoms with Gasteiger partial charge in [-0.1, -0.05) is 6.07 Å². The van der Waals surface area contributed by atoms with Crippen molar-refractivity contribution in [3.05, 3.63) is 36.0 Å². The van der Waals surface area contributed by atoms with Gasteiger partial charge in [-0.3, -0.25) is 4.79 Å². The lowest BCUT2D eigenvalue weighted by Gasteiger charge is -2.13. The van der Waals surface area contributed by atoms with E-state index in [-0.39, 0.29) is 11.9 Å². The van der Waals surface area contributed by atoms with Gasteiger partial charge in [-0.05, 0) is 36.9 Å². The summed E-state index contributed by atoms with van der Waals surface area (Å²) in [6.07, 6.45) is 2.68. The van der Waals surface area contributed by atoms with Gasteiger partial charge in [-0.15, -0.1) is 0 Å². The second-order valence-electron chi connectivity index (χ2n) is 4.44. The molecule has 0 saturated carbocycles. The zero-order chi connectivity index (χ0) is 13.0. The molecule has 2 rings (SSSR count). The van der Waals surface area contributed by atoms with E-state index < -0.39 is 0 Å². The fourth-order valence-electron chi connectivity index (χ4n) is 1.86. The fraction of sp³-hybridized carbons (Fsp3) is 0.357. The maximum atomic E-state index is 12.0. The number of amides is 1. The van der Waals surface area contributed by atoms with Gasteiger partial charge in [0, 0.05) is 37.0 Å². The number of benzene rings is 1. The molecule has 2 aromatic rings. The first-order valence-corrected chi connectivity index (χ1v) is 6.07. The summed E-state index contributed by atoms with van der Waals surface area (Å²) in [5.41, 5.74) is 1.65. The lowest BCUT2D eigenvalue weighted by Crippen LogP contribution is -2.33. The number of nitrogens with one attached hydrogen (secondary N) is 2. The Bertz CT molecular complexity index is 533. The van der Waals surface area contributed by atoms with Crippen LogP contribution in [-0.2, 0) is 4.74 Å². The molecule has 0 spiro atoms. The molecule has 1 heterocycles. The van der Waals surface area contributed by atoms with Crippen LogP contribution in [0.5, 0.6) is 0 Å². The van der Waals surface area contributed by atoms with Gasteiger partial charge in [-0.25, -0.2) is 0 Å². The average Bonchev–Trinajstić information content (AvgIpc) is 2.83. The van der Waals surface area contributed by atoms with Crippen LogP contribution < -0.4 is 5.32 Å². The summed E-state index contributed by atoms with van der Waals surface area (Å²) in [7, 11) is 1.66. The van der Waals surface area contributed by atoms with Gasteiger partial charge in [0.05, 0.1) is 0 Å². The Morgan fingerprint density at radius 2 is 2.28 bits per heavy atom. The van der Waals surface area contributed by atoms with E-state index in [1.54, 1.807) is 7.11 Å². The lowest BCUT2D eigenvalue weighted by molar-refractivity contribution is 0.0929. The van der Waals surface area contributed by atoms with E-state index in [9.17, 15) is 4.79 Å². The van der Waals surface area contributed by atoms with Gasteiger partial charge in [0.15, 0.2) is 0 Å². The van der Waals surface area contributed by atoms with Gasteiger partial charge in [0.1, 0.15) is 0 Å².